The van der Waals surface area contributed by atoms with Crippen LogP contribution in [0.2, 0.25) is 10.0 Å². The van der Waals surface area contributed by atoms with Crippen LogP contribution in [0.3, 0.4) is 0 Å². The van der Waals surface area contributed by atoms with Crippen LogP contribution in [0.25, 0.3) is 0 Å². The predicted octanol–water partition coefficient (Wildman–Crippen LogP) is 2.99. The van der Waals surface area contributed by atoms with E-state index in [1.807, 2.05) is 0 Å². The van der Waals surface area contributed by atoms with Crippen molar-refractivity contribution in [2.75, 3.05) is 13.3 Å². The maximum Gasteiger partial charge on any atom is 0.412 e. The van der Waals surface area contributed by atoms with E-state index in [1.165, 1.54) is 6.08 Å². The molecular weight excluding hydrogens is 456 g/mol. The Morgan fingerprint density at radius 1 is 1.39 bits per heavy atom. The lowest BCUT2D eigenvalue weighted by Gasteiger charge is -2.41. The fraction of sp³-hybridized carbons (Fsp3) is 0.500. The zero-order valence-corrected chi connectivity index (χ0v) is 17.7. The molecule has 1 spiro atoms. The molecule has 3 aliphatic rings. The number of amides is 1. The topological polar surface area (TPSA) is 106 Å². The first-order valence-electron chi connectivity index (χ1n) is 9.51. The highest BCUT2D eigenvalue weighted by Gasteiger charge is 2.88. The van der Waals surface area contributed by atoms with Crippen LogP contribution in [-0.4, -0.2) is 64.1 Å². The number of ether oxygens (including phenoxy) is 3. The number of nitrogens with zero attached hydrogens (tertiary/aromatic N) is 1. The number of carbonyl (C=O) groups is 2. The van der Waals surface area contributed by atoms with E-state index >= 15 is 4.39 Å². The first kappa shape index (κ1) is 22.3. The van der Waals surface area contributed by atoms with Crippen LogP contribution in [0.15, 0.2) is 30.9 Å². The Kier molecular flexibility index (Phi) is 5.68. The van der Waals surface area contributed by atoms with Gasteiger partial charge in [-0.1, -0.05) is 41.9 Å². The van der Waals surface area contributed by atoms with Gasteiger partial charge in [0.15, 0.2) is 6.29 Å². The Balaban J connectivity index is 1.65. The van der Waals surface area contributed by atoms with E-state index in [0.717, 1.165) is 4.90 Å². The van der Waals surface area contributed by atoms with Gasteiger partial charge in [-0.15, -0.1) is 0 Å². The van der Waals surface area contributed by atoms with E-state index in [1.54, 1.807) is 18.2 Å². The molecule has 1 aliphatic heterocycles. The van der Waals surface area contributed by atoms with Crippen molar-refractivity contribution in [1.82, 2.24) is 4.90 Å². The molecule has 6 atom stereocenters. The number of hydrogen-bond acceptors (Lipinski definition) is 6. The summed E-state index contributed by atoms with van der Waals surface area (Å²) in [6.45, 7) is 2.96. The third-order valence-corrected chi connectivity index (χ3v) is 7.04. The first-order valence-corrected chi connectivity index (χ1v) is 10.3. The quantitative estimate of drug-likeness (QED) is 0.609. The summed E-state index contributed by atoms with van der Waals surface area (Å²) in [5, 5.41) is 20.8. The third-order valence-electron chi connectivity index (χ3n) is 6.30. The summed E-state index contributed by atoms with van der Waals surface area (Å²) in [7, 11) is 0. The second kappa shape index (κ2) is 7.90. The number of aliphatic carboxylic acids is 1. The van der Waals surface area contributed by atoms with Gasteiger partial charge in [0.1, 0.15) is 18.9 Å². The fourth-order valence-corrected chi connectivity index (χ4v) is 5.25. The maximum atomic E-state index is 15.3. The summed E-state index contributed by atoms with van der Waals surface area (Å²) >= 11 is 12.0. The van der Waals surface area contributed by atoms with Crippen molar-refractivity contribution in [3.8, 4) is 0 Å². The monoisotopic (exact) mass is 475 g/mol. The Morgan fingerprint density at radius 3 is 2.77 bits per heavy atom. The van der Waals surface area contributed by atoms with Gasteiger partial charge in [-0.25, -0.2) is 14.0 Å². The minimum atomic E-state index is -2.60. The number of carbonyl (C=O) groups excluding carboxylic acids is 1. The number of aliphatic hydroxyl groups excluding tert-OH is 1. The zero-order valence-electron chi connectivity index (χ0n) is 16.2. The number of rotatable bonds is 6. The molecule has 1 aromatic rings. The molecule has 0 bridgehead atoms. The lowest BCUT2D eigenvalue weighted by Crippen LogP contribution is -2.63. The SMILES string of the molecule is C=CCOC(=O)N1COC(O)[C@@]12[C@H](OCc1ccc(Cl)c(Cl)c1)C[C@@H]1[C@H]2[C@@]1(F)C(=O)O. The summed E-state index contributed by atoms with van der Waals surface area (Å²) in [5.41, 5.74) is -3.70. The highest BCUT2D eigenvalue weighted by molar-refractivity contribution is 6.42. The Bertz CT molecular complexity index is 933. The number of fused-ring (bicyclic) bond motifs is 2. The maximum absolute atomic E-state index is 15.3. The van der Waals surface area contributed by atoms with Crippen molar-refractivity contribution >= 4 is 35.3 Å². The second-order valence-corrected chi connectivity index (χ2v) is 8.58. The van der Waals surface area contributed by atoms with Gasteiger partial charge in [0, 0.05) is 11.8 Å². The number of carboxylic acids is 1. The lowest BCUT2D eigenvalue weighted by molar-refractivity contribution is -0.163. The molecule has 3 fully saturated rings. The van der Waals surface area contributed by atoms with Gasteiger partial charge in [-0.2, -0.15) is 0 Å². The van der Waals surface area contributed by atoms with E-state index in [0.29, 0.717) is 15.6 Å². The summed E-state index contributed by atoms with van der Waals surface area (Å²) in [6.07, 6.45) is -2.13. The molecule has 1 heterocycles. The molecule has 31 heavy (non-hydrogen) atoms. The molecule has 2 aliphatic carbocycles. The standard InChI is InChI=1S/C20H20Cl2FNO7/c1-2-5-29-18(28)24-9-31-17(27)20(24)14(7-11-15(20)19(11,23)16(25)26)30-8-10-3-4-12(21)13(22)6-10/h2-4,6,11,14-15,17,27H,1,5,7-9H2,(H,25,26)/t11-,14-,15+,17?,19-,20+/m1/s1. The molecule has 1 amide bonds. The van der Waals surface area contributed by atoms with Crippen molar-refractivity contribution in [3.63, 3.8) is 0 Å². The second-order valence-electron chi connectivity index (χ2n) is 7.77. The Labute approximate surface area is 187 Å². The molecule has 4 rings (SSSR count). The van der Waals surface area contributed by atoms with Crippen molar-refractivity contribution < 1.29 is 38.4 Å². The third kappa shape index (κ3) is 3.22. The molecule has 2 saturated carbocycles. The normalized spacial score (nSPS) is 35.8. The number of alkyl halides is 1. The molecule has 1 saturated heterocycles. The number of aliphatic hydroxyl groups is 1. The fourth-order valence-electron chi connectivity index (χ4n) is 4.93. The van der Waals surface area contributed by atoms with Gasteiger partial charge in [0.25, 0.3) is 0 Å². The van der Waals surface area contributed by atoms with Gasteiger partial charge >= 0.3 is 12.1 Å². The van der Waals surface area contributed by atoms with Crippen LogP contribution in [0.1, 0.15) is 12.0 Å². The minimum Gasteiger partial charge on any atom is -0.479 e. The minimum absolute atomic E-state index is 0.0113. The number of benzene rings is 1. The van der Waals surface area contributed by atoms with Crippen molar-refractivity contribution in [3.05, 3.63) is 46.5 Å². The smallest absolute Gasteiger partial charge is 0.412 e. The number of carboxylic acid groups (broad SMARTS) is 1. The molecule has 2 N–H and O–H groups in total. The molecule has 0 radical (unpaired) electrons. The molecule has 1 aromatic carbocycles. The van der Waals surface area contributed by atoms with Crippen LogP contribution in [0, 0.1) is 11.8 Å². The van der Waals surface area contributed by atoms with Crippen LogP contribution < -0.4 is 0 Å². The summed E-state index contributed by atoms with van der Waals surface area (Å²) < 4.78 is 31.6. The van der Waals surface area contributed by atoms with E-state index in [-0.39, 0.29) is 19.6 Å². The van der Waals surface area contributed by atoms with Gasteiger partial charge in [-0.05, 0) is 24.1 Å². The summed E-state index contributed by atoms with van der Waals surface area (Å²) in [6, 6.07) is 4.87. The highest BCUT2D eigenvalue weighted by atomic mass is 35.5. The van der Waals surface area contributed by atoms with Gasteiger partial charge < -0.3 is 24.4 Å². The molecule has 11 heteroatoms. The highest BCUT2D eigenvalue weighted by Crippen LogP contribution is 2.71. The van der Waals surface area contributed by atoms with Crippen LogP contribution in [0.4, 0.5) is 9.18 Å². The van der Waals surface area contributed by atoms with E-state index < -0.39 is 54.2 Å². The van der Waals surface area contributed by atoms with Crippen LogP contribution in [-0.2, 0) is 25.6 Å². The van der Waals surface area contributed by atoms with Gasteiger partial charge in [0.2, 0.25) is 5.67 Å². The largest absolute Gasteiger partial charge is 0.479 e. The molecule has 0 aromatic heterocycles. The summed E-state index contributed by atoms with van der Waals surface area (Å²) in [4.78, 5) is 25.3. The van der Waals surface area contributed by atoms with Crippen molar-refractivity contribution in [2.24, 2.45) is 11.8 Å². The van der Waals surface area contributed by atoms with E-state index in [2.05, 4.69) is 6.58 Å². The van der Waals surface area contributed by atoms with Gasteiger partial charge in [0.05, 0.1) is 22.8 Å². The van der Waals surface area contributed by atoms with Crippen molar-refractivity contribution in [2.45, 2.75) is 36.6 Å². The molecular formula is C20H20Cl2FNO7. The Morgan fingerprint density at radius 2 is 2.13 bits per heavy atom. The van der Waals surface area contributed by atoms with Crippen molar-refractivity contribution in [1.29, 1.82) is 0 Å². The van der Waals surface area contributed by atoms with Crippen LogP contribution in [0.5, 0.6) is 0 Å². The van der Waals surface area contributed by atoms with Gasteiger partial charge in [-0.3, -0.25) is 4.90 Å². The first-order chi connectivity index (χ1) is 14.7. The lowest BCUT2D eigenvalue weighted by atomic mass is 9.85. The average molecular weight is 476 g/mol. The van der Waals surface area contributed by atoms with Crippen LogP contribution >= 0.6 is 23.2 Å². The summed E-state index contributed by atoms with van der Waals surface area (Å²) in [5.74, 6) is -3.82. The molecule has 8 nitrogen and oxygen atoms in total. The van der Waals surface area contributed by atoms with E-state index in [9.17, 15) is 19.8 Å². The Hall–Kier alpha value is -1.91. The number of hydrogen-bond donors (Lipinski definition) is 2. The predicted molar refractivity (Wildman–Crippen MR) is 106 cm³/mol. The van der Waals surface area contributed by atoms with E-state index in [4.69, 9.17) is 37.4 Å². The number of halogens is 3. The zero-order chi connectivity index (χ0) is 22.6. The average Bonchev–Trinajstić information content (AvgIpc) is 3.02. The molecule has 168 valence electrons. The molecule has 1 unspecified atom stereocenters.